The molecule has 1 aromatic carbocycles. The van der Waals surface area contributed by atoms with Gasteiger partial charge in [-0.05, 0) is 24.7 Å². The minimum Gasteiger partial charge on any atom is -0.378 e. The molecule has 0 saturated carbocycles. The molecule has 2 amide bonds. The van der Waals surface area contributed by atoms with Crippen molar-refractivity contribution in [3.63, 3.8) is 0 Å². The van der Waals surface area contributed by atoms with E-state index in [4.69, 9.17) is 4.74 Å². The molecule has 5 nitrogen and oxygen atoms in total. The van der Waals surface area contributed by atoms with Crippen LogP contribution in [-0.4, -0.2) is 44.3 Å². The van der Waals surface area contributed by atoms with E-state index in [1.165, 1.54) is 5.56 Å². The molecule has 0 spiro atoms. The fourth-order valence-electron chi connectivity index (χ4n) is 1.88. The lowest BCUT2D eigenvalue weighted by atomic mass is 10.2. The first kappa shape index (κ1) is 12.9. The Kier molecular flexibility index (Phi) is 4.55. The highest BCUT2D eigenvalue weighted by atomic mass is 16.5. The third-order valence-corrected chi connectivity index (χ3v) is 2.88. The Balaban J connectivity index is 1.89. The number of ether oxygens (including phenoxy) is 1. The molecule has 2 rings (SSSR count). The highest BCUT2D eigenvalue weighted by molar-refractivity contribution is 5.89. The van der Waals surface area contributed by atoms with Crippen molar-refractivity contribution in [2.75, 3.05) is 38.7 Å². The third kappa shape index (κ3) is 3.45. The summed E-state index contributed by atoms with van der Waals surface area (Å²) in [5.74, 6) is 0. The van der Waals surface area contributed by atoms with Crippen molar-refractivity contribution < 1.29 is 9.53 Å². The summed E-state index contributed by atoms with van der Waals surface area (Å²) < 4.78 is 5.21. The number of benzene rings is 1. The number of nitrogens with one attached hydrogen (secondary N) is 2. The standard InChI is InChI=1S/C13H19N3O2/c1-14-10-11-2-4-12(5-3-11)15-13(17)16-6-8-18-9-7-16/h2-5,14H,6-10H2,1H3,(H,15,17). The number of hydrogen-bond donors (Lipinski definition) is 2. The number of carbonyl (C=O) groups is 1. The summed E-state index contributed by atoms with van der Waals surface area (Å²) in [5.41, 5.74) is 2.02. The zero-order chi connectivity index (χ0) is 12.8. The Morgan fingerprint density at radius 2 is 1.94 bits per heavy atom. The molecule has 0 aliphatic carbocycles. The highest BCUT2D eigenvalue weighted by Crippen LogP contribution is 2.11. The average Bonchev–Trinajstić information content (AvgIpc) is 2.42. The first-order valence-electron chi connectivity index (χ1n) is 6.17. The largest absolute Gasteiger partial charge is 0.378 e. The van der Waals surface area contributed by atoms with Crippen molar-refractivity contribution in [1.82, 2.24) is 10.2 Å². The van der Waals surface area contributed by atoms with E-state index < -0.39 is 0 Å². The molecule has 1 heterocycles. The quantitative estimate of drug-likeness (QED) is 0.848. The Bertz CT molecular complexity index is 386. The molecule has 18 heavy (non-hydrogen) atoms. The van der Waals surface area contributed by atoms with Crippen LogP contribution in [0.4, 0.5) is 10.5 Å². The lowest BCUT2D eigenvalue weighted by molar-refractivity contribution is 0.0564. The van der Waals surface area contributed by atoms with Crippen LogP contribution >= 0.6 is 0 Å². The van der Waals surface area contributed by atoms with Gasteiger partial charge in [0.25, 0.3) is 0 Å². The molecular weight excluding hydrogens is 230 g/mol. The van der Waals surface area contributed by atoms with Gasteiger partial charge in [-0.1, -0.05) is 12.1 Å². The molecule has 2 N–H and O–H groups in total. The van der Waals surface area contributed by atoms with Crippen LogP contribution in [0.5, 0.6) is 0 Å². The van der Waals surface area contributed by atoms with E-state index in [0.717, 1.165) is 12.2 Å². The monoisotopic (exact) mass is 249 g/mol. The van der Waals surface area contributed by atoms with E-state index >= 15 is 0 Å². The van der Waals surface area contributed by atoms with Gasteiger partial charge >= 0.3 is 6.03 Å². The number of urea groups is 1. The third-order valence-electron chi connectivity index (χ3n) is 2.88. The number of morpholine rings is 1. The lowest BCUT2D eigenvalue weighted by Crippen LogP contribution is -2.43. The topological polar surface area (TPSA) is 53.6 Å². The average molecular weight is 249 g/mol. The molecule has 1 fully saturated rings. The van der Waals surface area contributed by atoms with Crippen LogP contribution in [0.15, 0.2) is 24.3 Å². The normalized spacial score (nSPS) is 15.5. The van der Waals surface area contributed by atoms with E-state index in [2.05, 4.69) is 10.6 Å². The van der Waals surface area contributed by atoms with Crippen molar-refractivity contribution >= 4 is 11.7 Å². The highest BCUT2D eigenvalue weighted by Gasteiger charge is 2.16. The van der Waals surface area contributed by atoms with E-state index in [0.29, 0.717) is 26.3 Å². The summed E-state index contributed by atoms with van der Waals surface area (Å²) in [5, 5.41) is 5.98. The van der Waals surface area contributed by atoms with Crippen molar-refractivity contribution in [3.8, 4) is 0 Å². The lowest BCUT2D eigenvalue weighted by Gasteiger charge is -2.26. The smallest absolute Gasteiger partial charge is 0.321 e. The van der Waals surface area contributed by atoms with Gasteiger partial charge in [-0.15, -0.1) is 0 Å². The molecule has 1 aliphatic rings. The summed E-state index contributed by atoms with van der Waals surface area (Å²) in [6.07, 6.45) is 0. The summed E-state index contributed by atoms with van der Waals surface area (Å²) in [4.78, 5) is 13.7. The van der Waals surface area contributed by atoms with Gasteiger partial charge < -0.3 is 20.3 Å². The predicted octanol–water partition coefficient (Wildman–Crippen LogP) is 1.27. The molecule has 0 aromatic heterocycles. The number of carbonyl (C=O) groups excluding carboxylic acids is 1. The number of rotatable bonds is 3. The Labute approximate surface area is 107 Å². The van der Waals surface area contributed by atoms with Crippen molar-refractivity contribution in [3.05, 3.63) is 29.8 Å². The zero-order valence-electron chi connectivity index (χ0n) is 10.6. The second-order valence-corrected chi connectivity index (χ2v) is 4.26. The van der Waals surface area contributed by atoms with E-state index in [9.17, 15) is 4.79 Å². The predicted molar refractivity (Wildman–Crippen MR) is 70.6 cm³/mol. The fraction of sp³-hybridized carbons (Fsp3) is 0.462. The van der Waals surface area contributed by atoms with Crippen LogP contribution in [0.2, 0.25) is 0 Å². The second kappa shape index (κ2) is 6.37. The Hall–Kier alpha value is -1.59. The molecule has 1 aromatic rings. The van der Waals surface area contributed by atoms with Gasteiger partial charge in [0.05, 0.1) is 13.2 Å². The SMILES string of the molecule is CNCc1ccc(NC(=O)N2CCOCC2)cc1. The van der Waals surface area contributed by atoms with Crippen LogP contribution in [0.25, 0.3) is 0 Å². The summed E-state index contributed by atoms with van der Waals surface area (Å²) in [6.45, 7) is 3.38. The van der Waals surface area contributed by atoms with E-state index in [-0.39, 0.29) is 6.03 Å². The number of anilines is 1. The molecule has 0 atom stereocenters. The number of nitrogens with zero attached hydrogens (tertiary/aromatic N) is 1. The second-order valence-electron chi connectivity index (χ2n) is 4.26. The van der Waals surface area contributed by atoms with Gasteiger partial charge in [-0.2, -0.15) is 0 Å². The molecule has 0 bridgehead atoms. The molecule has 5 heteroatoms. The van der Waals surface area contributed by atoms with Gasteiger partial charge in [-0.25, -0.2) is 4.79 Å². The molecule has 0 radical (unpaired) electrons. The maximum Gasteiger partial charge on any atom is 0.321 e. The Morgan fingerprint density at radius 1 is 1.28 bits per heavy atom. The van der Waals surface area contributed by atoms with Gasteiger partial charge in [0.2, 0.25) is 0 Å². The Morgan fingerprint density at radius 3 is 2.56 bits per heavy atom. The van der Waals surface area contributed by atoms with Gasteiger partial charge in [0.15, 0.2) is 0 Å². The van der Waals surface area contributed by atoms with Gasteiger partial charge in [0, 0.05) is 25.3 Å². The molecule has 1 saturated heterocycles. The summed E-state index contributed by atoms with van der Waals surface area (Å²) in [6, 6.07) is 7.80. The molecule has 98 valence electrons. The maximum atomic E-state index is 11.9. The van der Waals surface area contributed by atoms with Crippen molar-refractivity contribution in [2.24, 2.45) is 0 Å². The van der Waals surface area contributed by atoms with Crippen LogP contribution in [0, 0.1) is 0 Å². The molecule has 1 aliphatic heterocycles. The molecule has 0 unspecified atom stereocenters. The summed E-state index contributed by atoms with van der Waals surface area (Å²) in [7, 11) is 1.91. The van der Waals surface area contributed by atoms with Gasteiger partial charge in [-0.3, -0.25) is 0 Å². The van der Waals surface area contributed by atoms with E-state index in [1.807, 2.05) is 31.3 Å². The van der Waals surface area contributed by atoms with Crippen LogP contribution in [0.1, 0.15) is 5.56 Å². The zero-order valence-corrected chi connectivity index (χ0v) is 10.6. The van der Waals surface area contributed by atoms with Gasteiger partial charge in [0.1, 0.15) is 0 Å². The van der Waals surface area contributed by atoms with Crippen LogP contribution in [-0.2, 0) is 11.3 Å². The van der Waals surface area contributed by atoms with E-state index in [1.54, 1.807) is 4.90 Å². The first-order valence-corrected chi connectivity index (χ1v) is 6.17. The van der Waals surface area contributed by atoms with Crippen molar-refractivity contribution in [2.45, 2.75) is 6.54 Å². The van der Waals surface area contributed by atoms with Crippen molar-refractivity contribution in [1.29, 1.82) is 0 Å². The van der Waals surface area contributed by atoms with Crippen LogP contribution in [0.3, 0.4) is 0 Å². The first-order chi connectivity index (χ1) is 8.79. The molecular formula is C13H19N3O2. The fourth-order valence-corrected chi connectivity index (χ4v) is 1.88. The van der Waals surface area contributed by atoms with Crippen LogP contribution < -0.4 is 10.6 Å². The summed E-state index contributed by atoms with van der Waals surface area (Å²) >= 11 is 0. The number of amides is 2. The maximum absolute atomic E-state index is 11.9. The number of hydrogen-bond acceptors (Lipinski definition) is 3. The minimum absolute atomic E-state index is 0.0559. The minimum atomic E-state index is -0.0559.